The third-order valence-electron chi connectivity index (χ3n) is 15.7. The van der Waals surface area contributed by atoms with E-state index in [4.69, 9.17) is 14.2 Å². The normalized spacial score (nSPS) is 12.5. The Morgan fingerprint density at radius 2 is 0.444 bits per heavy atom. The van der Waals surface area contributed by atoms with Crippen LogP contribution in [0.1, 0.15) is 367 Å². The second-order valence-corrected chi connectivity index (χ2v) is 23.8. The zero-order chi connectivity index (χ0) is 58.5. The molecule has 0 saturated carbocycles. The molecule has 0 N–H and O–H groups in total. The lowest BCUT2D eigenvalue weighted by Gasteiger charge is -2.18. The Morgan fingerprint density at radius 3 is 0.704 bits per heavy atom. The van der Waals surface area contributed by atoms with Gasteiger partial charge in [-0.25, -0.2) is 0 Å². The molecule has 0 rings (SSSR count). The number of rotatable bonds is 65. The van der Waals surface area contributed by atoms with E-state index >= 15 is 0 Å². The molecule has 0 aliphatic rings. The van der Waals surface area contributed by atoms with E-state index in [1.165, 1.54) is 231 Å². The highest BCUT2D eigenvalue weighted by Crippen LogP contribution is 2.17. The van der Waals surface area contributed by atoms with Gasteiger partial charge in [-0.05, 0) is 116 Å². The monoisotopic (exact) mass is 1130 g/mol. The van der Waals surface area contributed by atoms with E-state index in [0.29, 0.717) is 19.3 Å². The molecule has 0 amide bonds. The molecule has 6 heteroatoms. The first-order valence-corrected chi connectivity index (χ1v) is 35.4. The lowest BCUT2D eigenvalue weighted by molar-refractivity contribution is -0.167. The first-order chi connectivity index (χ1) is 40.0. The standard InChI is InChI=1S/C75H134O6/c1-4-7-10-13-16-19-22-25-28-30-32-34-35-36-37-38-39-41-42-44-47-50-53-56-59-62-65-68-74(77)80-71-72(70-79-73(76)67-64-61-58-55-52-49-46-27-24-21-18-15-12-9-6-3)81-75(78)69-66-63-60-57-54-51-48-45-43-40-33-31-29-26-23-20-17-14-11-8-5-2/h22-23,25-27,30-33,43,45-46,72H,4-21,24,28-29,34-42,44,47-71H2,1-3H3/b25-22-,26-23-,32-30-,33-31-,45-43-,46-27-. The molecule has 0 aromatic carbocycles. The summed E-state index contributed by atoms with van der Waals surface area (Å²) in [4.78, 5) is 38.4. The topological polar surface area (TPSA) is 78.9 Å². The molecule has 0 fully saturated rings. The summed E-state index contributed by atoms with van der Waals surface area (Å²) < 4.78 is 17.0. The van der Waals surface area contributed by atoms with E-state index in [1.54, 1.807) is 0 Å². The average Bonchev–Trinajstić information content (AvgIpc) is 3.47. The molecular formula is C75H134O6. The van der Waals surface area contributed by atoms with Gasteiger partial charge in [-0.15, -0.1) is 0 Å². The third kappa shape index (κ3) is 67.5. The number of carbonyl (C=O) groups is 3. The van der Waals surface area contributed by atoms with Crippen LogP contribution >= 0.6 is 0 Å². The van der Waals surface area contributed by atoms with Crippen LogP contribution < -0.4 is 0 Å². The minimum atomic E-state index is -0.787. The molecule has 1 unspecified atom stereocenters. The van der Waals surface area contributed by atoms with Gasteiger partial charge in [0.25, 0.3) is 0 Å². The van der Waals surface area contributed by atoms with Gasteiger partial charge >= 0.3 is 17.9 Å². The summed E-state index contributed by atoms with van der Waals surface area (Å²) in [5, 5.41) is 0. The summed E-state index contributed by atoms with van der Waals surface area (Å²) in [6, 6.07) is 0. The Hall–Kier alpha value is -3.15. The number of hydrogen-bond acceptors (Lipinski definition) is 6. The van der Waals surface area contributed by atoms with Crippen LogP contribution in [-0.4, -0.2) is 37.2 Å². The molecule has 470 valence electrons. The van der Waals surface area contributed by atoms with Crippen molar-refractivity contribution in [2.75, 3.05) is 13.2 Å². The largest absolute Gasteiger partial charge is 0.462 e. The molecule has 6 nitrogen and oxygen atoms in total. The van der Waals surface area contributed by atoms with Crippen molar-refractivity contribution >= 4 is 17.9 Å². The first kappa shape index (κ1) is 77.9. The molecule has 0 bridgehead atoms. The molecule has 0 heterocycles. The lowest BCUT2D eigenvalue weighted by atomic mass is 10.0. The Bertz CT molecular complexity index is 1490. The predicted molar refractivity (Wildman–Crippen MR) is 353 cm³/mol. The highest BCUT2D eigenvalue weighted by Gasteiger charge is 2.19. The number of ether oxygens (including phenoxy) is 3. The molecule has 0 aliphatic carbocycles. The van der Waals surface area contributed by atoms with Gasteiger partial charge in [0.2, 0.25) is 0 Å². The van der Waals surface area contributed by atoms with Gasteiger partial charge in [0, 0.05) is 19.3 Å². The van der Waals surface area contributed by atoms with Crippen LogP contribution in [0.2, 0.25) is 0 Å². The molecule has 0 radical (unpaired) electrons. The number of carbonyl (C=O) groups excluding carboxylic acids is 3. The van der Waals surface area contributed by atoms with Gasteiger partial charge in [-0.2, -0.15) is 0 Å². The van der Waals surface area contributed by atoms with E-state index < -0.39 is 6.10 Å². The van der Waals surface area contributed by atoms with Crippen LogP contribution in [0, 0.1) is 0 Å². The zero-order valence-corrected chi connectivity index (χ0v) is 54.1. The van der Waals surface area contributed by atoms with Crippen molar-refractivity contribution < 1.29 is 28.6 Å². The summed E-state index contributed by atoms with van der Waals surface area (Å²) in [7, 11) is 0. The summed E-state index contributed by atoms with van der Waals surface area (Å²) in [5.74, 6) is -0.883. The summed E-state index contributed by atoms with van der Waals surface area (Å²) in [6.45, 7) is 6.65. The molecular weight excluding hydrogens is 997 g/mol. The smallest absolute Gasteiger partial charge is 0.306 e. The Labute approximate surface area is 503 Å². The summed E-state index contributed by atoms with van der Waals surface area (Å²) >= 11 is 0. The molecule has 0 aliphatic heterocycles. The van der Waals surface area contributed by atoms with Crippen LogP contribution in [0.3, 0.4) is 0 Å². The van der Waals surface area contributed by atoms with Gasteiger partial charge in [0.05, 0.1) is 0 Å². The van der Waals surface area contributed by atoms with Crippen molar-refractivity contribution in [2.24, 2.45) is 0 Å². The van der Waals surface area contributed by atoms with Gasteiger partial charge in [-0.3, -0.25) is 14.4 Å². The second-order valence-electron chi connectivity index (χ2n) is 23.8. The maximum absolute atomic E-state index is 12.9. The van der Waals surface area contributed by atoms with Crippen LogP contribution in [0.15, 0.2) is 72.9 Å². The average molecular weight is 1130 g/mol. The number of esters is 3. The quantitative estimate of drug-likeness (QED) is 0.0261. The fourth-order valence-electron chi connectivity index (χ4n) is 10.3. The molecule has 81 heavy (non-hydrogen) atoms. The van der Waals surface area contributed by atoms with Crippen molar-refractivity contribution in [2.45, 2.75) is 374 Å². The number of hydrogen-bond donors (Lipinski definition) is 0. The van der Waals surface area contributed by atoms with Crippen LogP contribution in [-0.2, 0) is 28.6 Å². The minimum absolute atomic E-state index is 0.0811. The maximum Gasteiger partial charge on any atom is 0.306 e. The first-order valence-electron chi connectivity index (χ1n) is 35.4. The fraction of sp³-hybridized carbons (Fsp3) is 0.800. The van der Waals surface area contributed by atoms with E-state index in [0.717, 1.165) is 96.3 Å². The SMILES string of the molecule is CCCCCCC/C=C\C/C=C\C/C=C\CCCCCCCCC(=O)OC(COC(=O)CCCCCCC/C=C\CCCCCCCC)COC(=O)CCCCCCCCCCCCCCCCC/C=C\C/C=C\CCCCCCC. The van der Waals surface area contributed by atoms with Crippen molar-refractivity contribution in [3.63, 3.8) is 0 Å². The van der Waals surface area contributed by atoms with Crippen molar-refractivity contribution in [3.05, 3.63) is 72.9 Å². The summed E-state index contributed by atoms with van der Waals surface area (Å²) in [5.41, 5.74) is 0. The van der Waals surface area contributed by atoms with Gasteiger partial charge in [-0.1, -0.05) is 306 Å². The number of allylic oxidation sites excluding steroid dienone is 12. The predicted octanol–water partition coefficient (Wildman–Crippen LogP) is 24.4. The second kappa shape index (κ2) is 69.3. The van der Waals surface area contributed by atoms with Crippen molar-refractivity contribution in [1.29, 1.82) is 0 Å². The van der Waals surface area contributed by atoms with Crippen molar-refractivity contribution in [3.8, 4) is 0 Å². The van der Waals surface area contributed by atoms with Gasteiger partial charge in [0.15, 0.2) is 6.10 Å². The Morgan fingerprint density at radius 1 is 0.247 bits per heavy atom. The molecule has 0 aromatic rings. The van der Waals surface area contributed by atoms with E-state index in [-0.39, 0.29) is 31.1 Å². The maximum atomic E-state index is 12.9. The highest BCUT2D eigenvalue weighted by molar-refractivity contribution is 5.71. The molecule has 0 saturated heterocycles. The third-order valence-corrected chi connectivity index (χ3v) is 15.7. The van der Waals surface area contributed by atoms with Crippen LogP contribution in [0.5, 0.6) is 0 Å². The van der Waals surface area contributed by atoms with E-state index in [9.17, 15) is 14.4 Å². The zero-order valence-electron chi connectivity index (χ0n) is 54.1. The van der Waals surface area contributed by atoms with E-state index in [1.807, 2.05) is 0 Å². The number of unbranched alkanes of at least 4 members (excludes halogenated alkanes) is 42. The van der Waals surface area contributed by atoms with Gasteiger partial charge in [0.1, 0.15) is 13.2 Å². The molecule has 0 spiro atoms. The summed E-state index contributed by atoms with van der Waals surface area (Å²) in [6.07, 6.45) is 90.6. The molecule has 0 aromatic heterocycles. The lowest BCUT2D eigenvalue weighted by Crippen LogP contribution is -2.30. The molecule has 1 atom stereocenters. The fourth-order valence-corrected chi connectivity index (χ4v) is 10.3. The highest BCUT2D eigenvalue weighted by atomic mass is 16.6. The van der Waals surface area contributed by atoms with Crippen molar-refractivity contribution in [1.82, 2.24) is 0 Å². The Kier molecular flexibility index (Phi) is 66.6. The Balaban J connectivity index is 4.31. The minimum Gasteiger partial charge on any atom is -0.462 e. The van der Waals surface area contributed by atoms with Crippen LogP contribution in [0.25, 0.3) is 0 Å². The van der Waals surface area contributed by atoms with Gasteiger partial charge < -0.3 is 14.2 Å². The van der Waals surface area contributed by atoms with E-state index in [2.05, 4.69) is 93.7 Å². The van der Waals surface area contributed by atoms with Crippen LogP contribution in [0.4, 0.5) is 0 Å².